The van der Waals surface area contributed by atoms with Gasteiger partial charge < -0.3 is 25.1 Å². The molecule has 5 fully saturated rings. The summed E-state index contributed by atoms with van der Waals surface area (Å²) >= 11 is 0. The van der Waals surface area contributed by atoms with Crippen molar-refractivity contribution in [3.8, 4) is 0 Å². The third kappa shape index (κ3) is 3.66. The first-order chi connectivity index (χ1) is 18.1. The van der Waals surface area contributed by atoms with Gasteiger partial charge in [0.05, 0.1) is 18.8 Å². The van der Waals surface area contributed by atoms with Crippen molar-refractivity contribution in [3.63, 3.8) is 0 Å². The summed E-state index contributed by atoms with van der Waals surface area (Å²) in [6, 6.07) is 0. The Labute approximate surface area is 224 Å². The topological polar surface area (TPSA) is 125 Å². The number of rotatable bonds is 5. The highest BCUT2D eigenvalue weighted by Crippen LogP contribution is 2.70. The van der Waals surface area contributed by atoms with Crippen molar-refractivity contribution in [2.45, 2.75) is 95.7 Å². The van der Waals surface area contributed by atoms with Gasteiger partial charge in [-0.2, -0.15) is 0 Å². The van der Waals surface area contributed by atoms with E-state index < -0.39 is 47.5 Å². The van der Waals surface area contributed by atoms with Crippen molar-refractivity contribution >= 4 is 17.5 Å². The summed E-state index contributed by atoms with van der Waals surface area (Å²) in [5, 5.41) is 11.8. The number of allylic oxidation sites excluding steroid dienone is 4. The number of hydrogen-bond donors (Lipinski definition) is 2. The summed E-state index contributed by atoms with van der Waals surface area (Å²) in [5.41, 5.74) is 4.17. The molecule has 0 spiro atoms. The molecule has 0 aromatic heterocycles. The number of esters is 1. The lowest BCUT2D eigenvalue weighted by molar-refractivity contribution is -0.210. The number of carbonyl (C=O) groups excluding carboxylic acids is 3. The van der Waals surface area contributed by atoms with E-state index in [-0.39, 0.29) is 41.8 Å². The molecule has 1 saturated heterocycles. The minimum Gasteiger partial charge on any atom is -0.457 e. The highest BCUT2D eigenvalue weighted by molar-refractivity contribution is 6.01. The standard InChI is InChI=1S/C30H41NO7/c1-28-11-10-19(32)12-18(28)8-9-20-21-13-24-30(23(34)16-36-25(35)15-31,29(21,2)14-22(33)26(20)28)38-27(37-24)17-6-4-3-5-7-17/h10-12,17,20-22,24,26-27,33H,3-9,13-16,31H2,1-2H3/t20?,21?,22-,24-,26?,27+,28-,29-,30+/m0/s1. The lowest BCUT2D eigenvalue weighted by Gasteiger charge is -2.59. The molecule has 9 atom stereocenters. The van der Waals surface area contributed by atoms with Crippen LogP contribution < -0.4 is 5.73 Å². The van der Waals surface area contributed by atoms with Crippen molar-refractivity contribution < 1.29 is 33.7 Å². The molecule has 0 aromatic rings. The smallest absolute Gasteiger partial charge is 0.320 e. The van der Waals surface area contributed by atoms with Crippen LogP contribution in [0.1, 0.15) is 71.6 Å². The van der Waals surface area contributed by atoms with Crippen molar-refractivity contribution in [3.05, 3.63) is 23.8 Å². The predicted molar refractivity (Wildman–Crippen MR) is 137 cm³/mol. The Morgan fingerprint density at radius 2 is 1.95 bits per heavy atom. The number of aliphatic hydroxyl groups excluding tert-OH is 1. The van der Waals surface area contributed by atoms with E-state index in [4.69, 9.17) is 19.9 Å². The summed E-state index contributed by atoms with van der Waals surface area (Å²) in [6.45, 7) is 3.52. The van der Waals surface area contributed by atoms with E-state index in [2.05, 4.69) is 13.8 Å². The quantitative estimate of drug-likeness (QED) is 0.523. The fourth-order valence-electron chi connectivity index (χ4n) is 9.52. The molecule has 0 radical (unpaired) electrons. The monoisotopic (exact) mass is 527 g/mol. The molecule has 208 valence electrons. The molecule has 4 saturated carbocycles. The molecule has 0 amide bonds. The lowest BCUT2D eigenvalue weighted by Crippen LogP contribution is -2.63. The maximum atomic E-state index is 14.1. The lowest BCUT2D eigenvalue weighted by atomic mass is 9.46. The number of fused-ring (bicyclic) bond motifs is 7. The summed E-state index contributed by atoms with van der Waals surface area (Å²) in [5.74, 6) is -0.494. The number of nitrogens with two attached hydrogens (primary N) is 1. The average molecular weight is 528 g/mol. The van der Waals surface area contributed by atoms with E-state index >= 15 is 0 Å². The van der Waals surface area contributed by atoms with Gasteiger partial charge >= 0.3 is 5.97 Å². The first-order valence-electron chi connectivity index (χ1n) is 14.5. The molecule has 6 aliphatic rings. The largest absolute Gasteiger partial charge is 0.457 e. The van der Waals surface area contributed by atoms with Crippen LogP contribution in [0.2, 0.25) is 0 Å². The second-order valence-corrected chi connectivity index (χ2v) is 13.0. The summed E-state index contributed by atoms with van der Waals surface area (Å²) in [6.07, 6.45) is 11.9. The normalized spacial score (nSPS) is 46.0. The van der Waals surface area contributed by atoms with Crippen LogP contribution in [0.25, 0.3) is 0 Å². The zero-order chi connectivity index (χ0) is 26.9. The minimum absolute atomic E-state index is 0.00796. The maximum absolute atomic E-state index is 14.1. The zero-order valence-corrected chi connectivity index (χ0v) is 22.5. The van der Waals surface area contributed by atoms with Gasteiger partial charge in [-0.1, -0.05) is 44.8 Å². The molecule has 3 unspecified atom stereocenters. The van der Waals surface area contributed by atoms with Crippen LogP contribution in [0.4, 0.5) is 0 Å². The van der Waals surface area contributed by atoms with Crippen molar-refractivity contribution in [1.29, 1.82) is 0 Å². The van der Waals surface area contributed by atoms with Gasteiger partial charge in [0.1, 0.15) is 0 Å². The summed E-state index contributed by atoms with van der Waals surface area (Å²) in [4.78, 5) is 38.1. The van der Waals surface area contributed by atoms with Gasteiger partial charge in [0.15, 0.2) is 24.3 Å². The Balaban J connectivity index is 1.36. The number of ketones is 2. The molecule has 1 aliphatic heterocycles. The SMILES string of the molecule is C[C@]12C=CC(=O)C=C1CCC1C2[C@@H](O)C[C@@]2(C)C1C[C@@H]1O[C@@H](C3CCCCC3)O[C@]12C(=O)COC(=O)CN. The molecule has 8 heteroatoms. The molecule has 6 rings (SSSR count). The molecule has 0 bridgehead atoms. The van der Waals surface area contributed by atoms with E-state index in [0.29, 0.717) is 12.8 Å². The molecular formula is C30H41NO7. The third-order valence-electron chi connectivity index (χ3n) is 11.2. The number of hydrogen-bond acceptors (Lipinski definition) is 8. The maximum Gasteiger partial charge on any atom is 0.320 e. The molecule has 3 N–H and O–H groups in total. The summed E-state index contributed by atoms with van der Waals surface area (Å²) in [7, 11) is 0. The van der Waals surface area contributed by atoms with Gasteiger partial charge in [-0.3, -0.25) is 14.4 Å². The average Bonchev–Trinajstić information content (AvgIpc) is 3.41. The van der Waals surface area contributed by atoms with Gasteiger partial charge in [0, 0.05) is 22.7 Å². The first kappa shape index (κ1) is 26.4. The Bertz CT molecular complexity index is 1080. The molecule has 5 aliphatic carbocycles. The Morgan fingerprint density at radius 1 is 1.18 bits per heavy atom. The van der Waals surface area contributed by atoms with Gasteiger partial charge in [-0.05, 0) is 62.5 Å². The van der Waals surface area contributed by atoms with Crippen molar-refractivity contribution in [2.75, 3.05) is 13.2 Å². The second kappa shape index (κ2) is 9.36. The van der Waals surface area contributed by atoms with Crippen LogP contribution in [-0.4, -0.2) is 59.9 Å². The van der Waals surface area contributed by atoms with Crippen LogP contribution in [-0.2, 0) is 28.6 Å². The molecule has 8 nitrogen and oxygen atoms in total. The Morgan fingerprint density at radius 3 is 2.68 bits per heavy atom. The molecule has 0 aromatic carbocycles. The number of Topliss-reactive ketones (excluding diaryl/α,β-unsaturated/α-hetero) is 1. The van der Waals surface area contributed by atoms with Crippen molar-refractivity contribution in [2.24, 2.45) is 40.2 Å². The van der Waals surface area contributed by atoms with E-state index in [9.17, 15) is 19.5 Å². The van der Waals surface area contributed by atoms with Crippen LogP contribution in [0.5, 0.6) is 0 Å². The van der Waals surface area contributed by atoms with Gasteiger partial charge in [0.25, 0.3) is 0 Å². The molecular weight excluding hydrogens is 486 g/mol. The Kier molecular flexibility index (Phi) is 6.49. The van der Waals surface area contributed by atoms with E-state index in [0.717, 1.165) is 44.1 Å². The van der Waals surface area contributed by atoms with E-state index in [1.165, 1.54) is 6.42 Å². The zero-order valence-electron chi connectivity index (χ0n) is 22.5. The van der Waals surface area contributed by atoms with Crippen molar-refractivity contribution in [1.82, 2.24) is 0 Å². The number of aliphatic hydroxyl groups is 1. The Hall–Kier alpha value is -1.87. The van der Waals surface area contributed by atoms with Crippen LogP contribution in [0, 0.1) is 34.5 Å². The number of carbonyl (C=O) groups is 3. The minimum atomic E-state index is -1.28. The molecule has 1 heterocycles. The van der Waals surface area contributed by atoms with E-state index in [1.807, 2.05) is 6.08 Å². The molecule has 38 heavy (non-hydrogen) atoms. The highest BCUT2D eigenvalue weighted by Gasteiger charge is 2.76. The number of ether oxygens (including phenoxy) is 3. The summed E-state index contributed by atoms with van der Waals surface area (Å²) < 4.78 is 18.7. The highest BCUT2D eigenvalue weighted by atomic mass is 16.7. The second-order valence-electron chi connectivity index (χ2n) is 13.0. The van der Waals surface area contributed by atoms with E-state index in [1.54, 1.807) is 12.2 Å². The van der Waals surface area contributed by atoms with Gasteiger partial charge in [0.2, 0.25) is 5.78 Å². The first-order valence-corrected chi connectivity index (χ1v) is 14.5. The fraction of sp³-hybridized carbons (Fsp3) is 0.767. The fourth-order valence-corrected chi connectivity index (χ4v) is 9.52. The van der Waals surface area contributed by atoms with Gasteiger partial charge in [-0.15, -0.1) is 0 Å². The van der Waals surface area contributed by atoms with Gasteiger partial charge in [-0.25, -0.2) is 0 Å². The predicted octanol–water partition coefficient (Wildman–Crippen LogP) is 3.01. The van der Waals surface area contributed by atoms with Crippen LogP contribution in [0.15, 0.2) is 23.8 Å². The third-order valence-corrected chi connectivity index (χ3v) is 11.2. The van der Waals surface area contributed by atoms with Crippen LogP contribution in [0.3, 0.4) is 0 Å². The van der Waals surface area contributed by atoms with Crippen LogP contribution >= 0.6 is 0 Å².